The third-order valence-electron chi connectivity index (χ3n) is 5.92. The third-order valence-corrected chi connectivity index (χ3v) is 5.92. The van der Waals surface area contributed by atoms with Crippen LogP contribution in [0.2, 0.25) is 0 Å². The predicted molar refractivity (Wildman–Crippen MR) is 151 cm³/mol. The topological polar surface area (TPSA) is 70.2 Å². The first-order chi connectivity index (χ1) is 17.9. The van der Waals surface area contributed by atoms with Crippen molar-refractivity contribution < 1.29 is 9.18 Å². The smallest absolute Gasteiger partial charge is 0.255 e. The number of nitrogens with zero attached hydrogens (tertiary/aromatic N) is 3. The summed E-state index contributed by atoms with van der Waals surface area (Å²) in [4.78, 5) is 23.9. The molecule has 6 nitrogen and oxygen atoms in total. The van der Waals surface area contributed by atoms with Crippen LogP contribution in [0.3, 0.4) is 0 Å². The predicted octanol–water partition coefficient (Wildman–Crippen LogP) is 6.90. The molecule has 0 unspecified atom stereocenters. The van der Waals surface area contributed by atoms with Crippen molar-refractivity contribution in [3.8, 4) is 0 Å². The number of fused-ring (bicyclic) bond motifs is 1. The normalized spacial score (nSPS) is 11.1. The molecule has 0 aliphatic heterocycles. The van der Waals surface area contributed by atoms with Crippen molar-refractivity contribution in [2.45, 2.75) is 32.7 Å². The number of benzene rings is 3. The van der Waals surface area contributed by atoms with Crippen LogP contribution in [0.25, 0.3) is 17.0 Å². The van der Waals surface area contributed by atoms with Gasteiger partial charge in [0.2, 0.25) is 5.95 Å². The van der Waals surface area contributed by atoms with E-state index in [1.165, 1.54) is 37.1 Å². The molecule has 0 aliphatic rings. The lowest BCUT2D eigenvalue weighted by atomic mass is 10.1. The van der Waals surface area contributed by atoms with Crippen LogP contribution < -0.4 is 15.5 Å². The molecule has 4 rings (SSSR count). The van der Waals surface area contributed by atoms with Gasteiger partial charge in [-0.15, -0.1) is 0 Å². The molecule has 0 spiro atoms. The van der Waals surface area contributed by atoms with Crippen LogP contribution in [0.15, 0.2) is 72.8 Å². The summed E-state index contributed by atoms with van der Waals surface area (Å²) in [5.41, 5.74) is 4.07. The summed E-state index contributed by atoms with van der Waals surface area (Å²) in [6, 6.07) is 19.3. The Morgan fingerprint density at radius 2 is 1.76 bits per heavy atom. The molecule has 0 saturated heterocycles. The fourth-order valence-corrected chi connectivity index (χ4v) is 3.81. The number of allylic oxidation sites excluding steroid dienone is 1. The van der Waals surface area contributed by atoms with E-state index in [0.717, 1.165) is 34.3 Å². The second kappa shape index (κ2) is 12.1. The average Bonchev–Trinajstić information content (AvgIpc) is 2.91. The first-order valence-electron chi connectivity index (χ1n) is 12.5. The molecule has 0 radical (unpaired) electrons. The minimum Gasteiger partial charge on any atom is -0.365 e. The standard InChI is InChI=1S/C30H32FN5O/c1-4-5-6-7-8-21-11-18-27-26(19-21)28(35-30(34-27)36(2)3)32-20-22-9-12-23(13-10-22)29(37)33-25-16-14-24(31)15-17-25/h7-19H,4-6,20H2,1-3H3,(H,33,37)(H,32,34,35)/b8-7+. The van der Waals surface area contributed by atoms with Crippen molar-refractivity contribution in [3.63, 3.8) is 0 Å². The average molecular weight is 498 g/mol. The van der Waals surface area contributed by atoms with Gasteiger partial charge in [0.1, 0.15) is 11.6 Å². The Hall–Kier alpha value is -4.26. The zero-order chi connectivity index (χ0) is 26.2. The molecule has 2 N–H and O–H groups in total. The van der Waals surface area contributed by atoms with Gasteiger partial charge in [-0.3, -0.25) is 4.79 Å². The molecule has 0 fully saturated rings. The van der Waals surface area contributed by atoms with Crippen LogP contribution >= 0.6 is 0 Å². The van der Waals surface area contributed by atoms with Crippen molar-refractivity contribution in [2.75, 3.05) is 29.6 Å². The van der Waals surface area contributed by atoms with E-state index in [1.807, 2.05) is 37.2 Å². The second-order valence-electron chi connectivity index (χ2n) is 9.10. The van der Waals surface area contributed by atoms with Gasteiger partial charge >= 0.3 is 0 Å². The van der Waals surface area contributed by atoms with Crippen molar-refractivity contribution in [3.05, 3.63) is 95.3 Å². The number of unbranched alkanes of at least 4 members (excludes halogenated alkanes) is 2. The van der Waals surface area contributed by atoms with E-state index in [2.05, 4.69) is 41.8 Å². The molecule has 190 valence electrons. The van der Waals surface area contributed by atoms with Gasteiger partial charge < -0.3 is 15.5 Å². The van der Waals surface area contributed by atoms with Gasteiger partial charge in [0.05, 0.1) is 5.52 Å². The molecule has 3 aromatic carbocycles. The molecule has 0 saturated carbocycles. The summed E-state index contributed by atoms with van der Waals surface area (Å²) in [6.07, 6.45) is 7.78. The summed E-state index contributed by atoms with van der Waals surface area (Å²) in [5, 5.41) is 7.19. The number of anilines is 3. The zero-order valence-corrected chi connectivity index (χ0v) is 21.5. The van der Waals surface area contributed by atoms with E-state index in [4.69, 9.17) is 9.97 Å². The number of aromatic nitrogens is 2. The SMILES string of the molecule is CCCC/C=C/c1ccc2nc(N(C)C)nc(NCc3ccc(C(=O)Nc4ccc(F)cc4)cc3)c2c1. The summed E-state index contributed by atoms with van der Waals surface area (Å²) in [7, 11) is 3.84. The van der Waals surface area contributed by atoms with Crippen molar-refractivity contribution in [1.82, 2.24) is 9.97 Å². The number of carbonyl (C=O) groups is 1. The molecular formula is C30H32FN5O. The van der Waals surface area contributed by atoms with Gasteiger partial charge in [-0.1, -0.05) is 50.1 Å². The molecule has 1 aromatic heterocycles. The van der Waals surface area contributed by atoms with Gasteiger partial charge in [-0.05, 0) is 66.1 Å². The molecule has 4 aromatic rings. The Kier molecular flexibility index (Phi) is 8.46. The highest BCUT2D eigenvalue weighted by atomic mass is 19.1. The molecule has 1 heterocycles. The van der Waals surface area contributed by atoms with Crippen LogP contribution in [0, 0.1) is 5.82 Å². The minimum atomic E-state index is -0.344. The Morgan fingerprint density at radius 1 is 1.00 bits per heavy atom. The lowest BCUT2D eigenvalue weighted by Crippen LogP contribution is -2.14. The van der Waals surface area contributed by atoms with E-state index in [-0.39, 0.29) is 11.7 Å². The highest BCUT2D eigenvalue weighted by Crippen LogP contribution is 2.25. The highest BCUT2D eigenvalue weighted by molar-refractivity contribution is 6.04. The quantitative estimate of drug-likeness (QED) is 0.233. The van der Waals surface area contributed by atoms with E-state index >= 15 is 0 Å². The summed E-state index contributed by atoms with van der Waals surface area (Å²) in [5.74, 6) is 0.802. The fourth-order valence-electron chi connectivity index (χ4n) is 3.81. The lowest BCUT2D eigenvalue weighted by molar-refractivity contribution is 0.102. The Labute approximate surface area is 217 Å². The highest BCUT2D eigenvalue weighted by Gasteiger charge is 2.11. The van der Waals surface area contributed by atoms with Gasteiger partial charge in [-0.2, -0.15) is 4.98 Å². The van der Waals surface area contributed by atoms with E-state index in [0.29, 0.717) is 23.7 Å². The molecule has 0 bridgehead atoms. The molecule has 0 aliphatic carbocycles. The zero-order valence-electron chi connectivity index (χ0n) is 21.5. The van der Waals surface area contributed by atoms with E-state index in [1.54, 1.807) is 12.1 Å². The minimum absolute atomic E-state index is 0.247. The van der Waals surface area contributed by atoms with Gasteiger partial charge in [0.15, 0.2) is 0 Å². The molecular weight excluding hydrogens is 465 g/mol. The first-order valence-corrected chi connectivity index (χ1v) is 12.5. The van der Waals surface area contributed by atoms with Crippen LogP contribution in [0.1, 0.15) is 47.7 Å². The van der Waals surface area contributed by atoms with Crippen molar-refractivity contribution in [1.29, 1.82) is 0 Å². The van der Waals surface area contributed by atoms with Gasteiger partial charge in [0.25, 0.3) is 5.91 Å². The number of hydrogen-bond acceptors (Lipinski definition) is 5. The summed E-state index contributed by atoms with van der Waals surface area (Å²) >= 11 is 0. The van der Waals surface area contributed by atoms with Crippen LogP contribution in [0.4, 0.5) is 21.8 Å². The van der Waals surface area contributed by atoms with Gasteiger partial charge in [0, 0.05) is 37.3 Å². The van der Waals surface area contributed by atoms with Crippen molar-refractivity contribution >= 4 is 40.3 Å². The summed E-state index contributed by atoms with van der Waals surface area (Å²) < 4.78 is 13.1. The fraction of sp³-hybridized carbons (Fsp3) is 0.233. The lowest BCUT2D eigenvalue weighted by Gasteiger charge is -2.15. The Bertz CT molecular complexity index is 1380. The van der Waals surface area contributed by atoms with Gasteiger partial charge in [-0.25, -0.2) is 9.37 Å². The van der Waals surface area contributed by atoms with Crippen molar-refractivity contribution in [2.24, 2.45) is 0 Å². The number of carbonyl (C=O) groups excluding carboxylic acids is 1. The molecule has 37 heavy (non-hydrogen) atoms. The molecule has 1 amide bonds. The number of halogens is 1. The number of hydrogen-bond donors (Lipinski definition) is 2. The monoisotopic (exact) mass is 497 g/mol. The largest absolute Gasteiger partial charge is 0.365 e. The number of amides is 1. The number of nitrogens with one attached hydrogen (secondary N) is 2. The van der Waals surface area contributed by atoms with E-state index < -0.39 is 0 Å². The second-order valence-corrected chi connectivity index (χ2v) is 9.10. The van der Waals surface area contributed by atoms with E-state index in [9.17, 15) is 9.18 Å². The maximum atomic E-state index is 13.1. The number of rotatable bonds is 10. The first kappa shape index (κ1) is 25.8. The Morgan fingerprint density at radius 3 is 2.46 bits per heavy atom. The third kappa shape index (κ3) is 6.91. The van der Waals surface area contributed by atoms with Crippen LogP contribution in [-0.2, 0) is 6.54 Å². The maximum absolute atomic E-state index is 13.1. The maximum Gasteiger partial charge on any atom is 0.255 e. The molecule has 0 atom stereocenters. The molecule has 7 heteroatoms. The summed E-state index contributed by atoms with van der Waals surface area (Å²) in [6.45, 7) is 2.73. The van der Waals surface area contributed by atoms with Crippen LogP contribution in [-0.4, -0.2) is 30.0 Å². The Balaban J connectivity index is 1.49. The van der Waals surface area contributed by atoms with Crippen LogP contribution in [0.5, 0.6) is 0 Å².